The SMILES string of the molecule is O=C1C=CC(=Nc2ccc(O)cc2)C=C1[N+](=O)[O-]. The average Bonchev–Trinajstić information content (AvgIpc) is 2.34. The summed E-state index contributed by atoms with van der Waals surface area (Å²) in [6.45, 7) is 0. The van der Waals surface area contributed by atoms with E-state index in [-0.39, 0.29) is 5.75 Å². The summed E-state index contributed by atoms with van der Waals surface area (Å²) in [5.74, 6) is -0.542. The second kappa shape index (κ2) is 4.62. The largest absolute Gasteiger partial charge is 0.508 e. The van der Waals surface area contributed by atoms with Crippen LogP contribution in [0.1, 0.15) is 0 Å². The van der Waals surface area contributed by atoms with Crippen LogP contribution >= 0.6 is 0 Å². The zero-order valence-corrected chi connectivity index (χ0v) is 9.11. The number of allylic oxidation sites excluding steroid dienone is 3. The van der Waals surface area contributed by atoms with Crippen molar-refractivity contribution in [3.8, 4) is 5.75 Å². The van der Waals surface area contributed by atoms with Gasteiger partial charge in [-0.25, -0.2) is 4.99 Å². The highest BCUT2D eigenvalue weighted by Crippen LogP contribution is 2.18. The summed E-state index contributed by atoms with van der Waals surface area (Å²) in [6, 6.07) is 6.03. The molecular weight excluding hydrogens is 236 g/mol. The van der Waals surface area contributed by atoms with Gasteiger partial charge < -0.3 is 5.11 Å². The normalized spacial score (nSPS) is 16.8. The number of carbonyl (C=O) groups excluding carboxylic acids is 1. The summed E-state index contributed by atoms with van der Waals surface area (Å²) in [7, 11) is 0. The molecule has 6 heteroatoms. The number of hydrogen-bond donors (Lipinski definition) is 1. The summed E-state index contributed by atoms with van der Waals surface area (Å²) < 4.78 is 0. The Morgan fingerprint density at radius 3 is 2.44 bits per heavy atom. The van der Waals surface area contributed by atoms with Gasteiger partial charge in [0.1, 0.15) is 5.75 Å². The van der Waals surface area contributed by atoms with Crippen LogP contribution in [0, 0.1) is 10.1 Å². The van der Waals surface area contributed by atoms with Crippen molar-refractivity contribution in [1.29, 1.82) is 0 Å². The molecule has 0 heterocycles. The Morgan fingerprint density at radius 1 is 1.17 bits per heavy atom. The van der Waals surface area contributed by atoms with Crippen molar-refractivity contribution in [2.45, 2.75) is 0 Å². The van der Waals surface area contributed by atoms with Crippen molar-refractivity contribution in [3.05, 3.63) is 58.3 Å². The van der Waals surface area contributed by atoms with Gasteiger partial charge in [-0.05, 0) is 36.4 Å². The number of nitrogens with zero attached hydrogens (tertiary/aromatic N) is 2. The Hall–Kier alpha value is -2.76. The number of carbonyl (C=O) groups is 1. The van der Waals surface area contributed by atoms with E-state index < -0.39 is 16.4 Å². The van der Waals surface area contributed by atoms with Gasteiger partial charge in [0.05, 0.1) is 16.3 Å². The van der Waals surface area contributed by atoms with Crippen LogP contribution in [-0.4, -0.2) is 21.5 Å². The minimum atomic E-state index is -0.738. The van der Waals surface area contributed by atoms with Gasteiger partial charge in [-0.2, -0.15) is 0 Å². The van der Waals surface area contributed by atoms with E-state index in [1.165, 1.54) is 18.2 Å². The smallest absolute Gasteiger partial charge is 0.318 e. The van der Waals surface area contributed by atoms with E-state index in [0.717, 1.165) is 12.2 Å². The molecule has 0 bridgehead atoms. The van der Waals surface area contributed by atoms with Crippen molar-refractivity contribution >= 4 is 17.2 Å². The second-order valence-corrected chi connectivity index (χ2v) is 3.54. The minimum Gasteiger partial charge on any atom is -0.508 e. The molecule has 0 atom stereocenters. The van der Waals surface area contributed by atoms with Crippen LogP contribution in [0.5, 0.6) is 5.75 Å². The Bertz CT molecular complexity index is 597. The lowest BCUT2D eigenvalue weighted by Gasteiger charge is -2.01. The van der Waals surface area contributed by atoms with E-state index in [9.17, 15) is 14.9 Å². The Morgan fingerprint density at radius 2 is 1.83 bits per heavy atom. The maximum absolute atomic E-state index is 11.2. The Labute approximate surface area is 102 Å². The van der Waals surface area contributed by atoms with Crippen LogP contribution in [0.3, 0.4) is 0 Å². The highest BCUT2D eigenvalue weighted by molar-refractivity contribution is 6.18. The minimum absolute atomic E-state index is 0.106. The van der Waals surface area contributed by atoms with Gasteiger partial charge in [0.2, 0.25) is 0 Å². The number of rotatable bonds is 2. The number of phenols is 1. The third-order valence-electron chi connectivity index (χ3n) is 2.25. The molecule has 18 heavy (non-hydrogen) atoms. The van der Waals surface area contributed by atoms with Crippen molar-refractivity contribution in [2.75, 3.05) is 0 Å². The number of aliphatic imine (C=N–C) groups is 1. The molecule has 0 unspecified atom stereocenters. The summed E-state index contributed by atoms with van der Waals surface area (Å²) in [6.07, 6.45) is 3.63. The van der Waals surface area contributed by atoms with Crippen molar-refractivity contribution in [3.63, 3.8) is 0 Å². The van der Waals surface area contributed by atoms with Gasteiger partial charge in [0.15, 0.2) is 0 Å². The van der Waals surface area contributed by atoms with E-state index in [1.807, 2.05) is 0 Å². The van der Waals surface area contributed by atoms with Gasteiger partial charge >= 0.3 is 5.70 Å². The van der Waals surface area contributed by atoms with Crippen molar-refractivity contribution < 1.29 is 14.8 Å². The predicted octanol–water partition coefficient (Wildman–Crippen LogP) is 1.76. The van der Waals surface area contributed by atoms with E-state index >= 15 is 0 Å². The number of ketones is 1. The molecule has 0 fully saturated rings. The van der Waals surface area contributed by atoms with Crippen molar-refractivity contribution in [1.82, 2.24) is 0 Å². The fourth-order valence-corrected chi connectivity index (χ4v) is 1.39. The highest BCUT2D eigenvalue weighted by atomic mass is 16.6. The van der Waals surface area contributed by atoms with Gasteiger partial charge in [0.25, 0.3) is 5.78 Å². The van der Waals surface area contributed by atoms with E-state index in [1.54, 1.807) is 12.1 Å². The highest BCUT2D eigenvalue weighted by Gasteiger charge is 2.22. The fourth-order valence-electron chi connectivity index (χ4n) is 1.39. The van der Waals surface area contributed by atoms with Crippen LogP contribution in [0.2, 0.25) is 0 Å². The molecule has 2 rings (SSSR count). The molecule has 1 aromatic rings. The van der Waals surface area contributed by atoms with Crippen LogP contribution in [0.4, 0.5) is 5.69 Å². The quantitative estimate of drug-likeness (QED) is 0.487. The molecule has 0 amide bonds. The first-order chi connectivity index (χ1) is 8.56. The fraction of sp³-hybridized carbons (Fsp3) is 0. The predicted molar refractivity (Wildman–Crippen MR) is 64.4 cm³/mol. The van der Waals surface area contributed by atoms with Crippen molar-refractivity contribution in [2.24, 2.45) is 4.99 Å². The molecule has 6 nitrogen and oxygen atoms in total. The molecule has 1 N–H and O–H groups in total. The van der Waals surface area contributed by atoms with E-state index in [0.29, 0.717) is 11.4 Å². The number of aromatic hydroxyl groups is 1. The van der Waals surface area contributed by atoms with Gasteiger partial charge in [-0.1, -0.05) is 0 Å². The summed E-state index contributed by atoms with van der Waals surface area (Å²) >= 11 is 0. The summed E-state index contributed by atoms with van der Waals surface area (Å²) in [5.41, 5.74) is 0.336. The Balaban J connectivity index is 2.34. The zero-order chi connectivity index (χ0) is 13.1. The van der Waals surface area contributed by atoms with Gasteiger partial charge in [-0.3, -0.25) is 14.9 Å². The number of phenolic OH excluding ortho intramolecular Hbond substituents is 1. The van der Waals surface area contributed by atoms with Gasteiger partial charge in [-0.15, -0.1) is 0 Å². The Kier molecular flexibility index (Phi) is 3.01. The molecule has 0 aliphatic heterocycles. The molecule has 0 saturated heterocycles. The van der Waals surface area contributed by atoms with Crippen LogP contribution < -0.4 is 0 Å². The average molecular weight is 244 g/mol. The van der Waals surface area contributed by atoms with Crippen LogP contribution in [0.25, 0.3) is 0 Å². The van der Waals surface area contributed by atoms with Gasteiger partial charge in [0, 0.05) is 6.08 Å². The lowest BCUT2D eigenvalue weighted by Crippen LogP contribution is -2.14. The molecule has 1 aromatic carbocycles. The maximum Gasteiger partial charge on any atom is 0.318 e. The molecule has 0 radical (unpaired) electrons. The second-order valence-electron chi connectivity index (χ2n) is 3.54. The molecule has 90 valence electrons. The topological polar surface area (TPSA) is 92.8 Å². The van der Waals surface area contributed by atoms with E-state index in [2.05, 4.69) is 4.99 Å². The monoisotopic (exact) mass is 244 g/mol. The maximum atomic E-state index is 11.2. The first kappa shape index (κ1) is 11.7. The molecule has 0 spiro atoms. The first-order valence-electron chi connectivity index (χ1n) is 5.02. The molecule has 1 aliphatic carbocycles. The third kappa shape index (κ3) is 2.49. The first-order valence-corrected chi connectivity index (χ1v) is 5.02. The summed E-state index contributed by atoms with van der Waals surface area (Å²) in [5, 5.41) is 19.7. The molecule has 1 aliphatic rings. The summed E-state index contributed by atoms with van der Waals surface area (Å²) in [4.78, 5) is 25.2. The number of nitro groups is 1. The van der Waals surface area contributed by atoms with Crippen LogP contribution in [-0.2, 0) is 4.79 Å². The number of benzene rings is 1. The standard InChI is InChI=1S/C12H8N2O4/c15-10-4-1-8(2-5-10)13-9-3-6-12(16)11(7-9)14(17)18/h1-7,15H. The zero-order valence-electron chi connectivity index (χ0n) is 9.11. The third-order valence-corrected chi connectivity index (χ3v) is 2.25. The lowest BCUT2D eigenvalue weighted by molar-refractivity contribution is -0.418. The van der Waals surface area contributed by atoms with Crippen LogP contribution in [0.15, 0.2) is 53.2 Å². The van der Waals surface area contributed by atoms with E-state index in [4.69, 9.17) is 5.11 Å². The molecular formula is C12H8N2O4. The lowest BCUT2D eigenvalue weighted by atomic mass is 10.1. The number of hydrogen-bond acceptors (Lipinski definition) is 5. The molecule has 0 aromatic heterocycles. The molecule has 0 saturated carbocycles.